The highest BCUT2D eigenvalue weighted by molar-refractivity contribution is 5.90. The quantitative estimate of drug-likeness (QED) is 0.740. The lowest BCUT2D eigenvalue weighted by Gasteiger charge is -1.98. The summed E-state index contributed by atoms with van der Waals surface area (Å²) in [5, 5.41) is 8.61. The minimum Gasteiger partial charge on any atom is -0.444 e. The predicted molar refractivity (Wildman–Crippen MR) is 48.8 cm³/mol. The summed E-state index contributed by atoms with van der Waals surface area (Å²) in [4.78, 5) is 19.0. The van der Waals surface area contributed by atoms with Crippen LogP contribution in [-0.2, 0) is 6.54 Å². The maximum atomic E-state index is 11.4. The third-order valence-corrected chi connectivity index (χ3v) is 1.70. The van der Waals surface area contributed by atoms with E-state index in [1.54, 1.807) is 13.1 Å². The smallest absolute Gasteiger partial charge is 0.289 e. The zero-order chi connectivity index (χ0) is 10.7. The minimum atomic E-state index is -0.344. The molecule has 0 aromatic carbocycles. The van der Waals surface area contributed by atoms with Gasteiger partial charge in [-0.15, -0.1) is 0 Å². The SMILES string of the molecule is Cc1cnc(CNC(=O)c2ncn[nH]2)o1. The van der Waals surface area contributed by atoms with Crippen molar-refractivity contribution in [1.29, 1.82) is 0 Å². The molecule has 2 aromatic heterocycles. The van der Waals surface area contributed by atoms with E-state index in [0.717, 1.165) is 0 Å². The van der Waals surface area contributed by atoms with Gasteiger partial charge in [0.15, 0.2) is 0 Å². The van der Waals surface area contributed by atoms with Gasteiger partial charge >= 0.3 is 0 Å². The Hall–Kier alpha value is -2.18. The van der Waals surface area contributed by atoms with Crippen LogP contribution >= 0.6 is 0 Å². The van der Waals surface area contributed by atoms with Gasteiger partial charge in [0.25, 0.3) is 5.91 Å². The molecule has 0 saturated carbocycles. The summed E-state index contributed by atoms with van der Waals surface area (Å²) < 4.78 is 5.18. The van der Waals surface area contributed by atoms with Crippen molar-refractivity contribution in [2.45, 2.75) is 13.5 Å². The lowest BCUT2D eigenvalue weighted by Crippen LogP contribution is -2.24. The maximum absolute atomic E-state index is 11.4. The van der Waals surface area contributed by atoms with Crippen molar-refractivity contribution in [3.63, 3.8) is 0 Å². The zero-order valence-electron chi connectivity index (χ0n) is 8.02. The van der Waals surface area contributed by atoms with Gasteiger partial charge < -0.3 is 9.73 Å². The van der Waals surface area contributed by atoms with Crippen molar-refractivity contribution < 1.29 is 9.21 Å². The molecule has 2 rings (SSSR count). The Labute approximate surface area is 84.9 Å². The number of nitrogens with one attached hydrogen (secondary N) is 2. The minimum absolute atomic E-state index is 0.165. The number of H-pyrrole nitrogens is 1. The molecule has 7 heteroatoms. The molecule has 2 aromatic rings. The average molecular weight is 207 g/mol. The third-order valence-electron chi connectivity index (χ3n) is 1.70. The van der Waals surface area contributed by atoms with Gasteiger partial charge in [0, 0.05) is 0 Å². The third kappa shape index (κ3) is 2.19. The van der Waals surface area contributed by atoms with Crippen LogP contribution in [0.1, 0.15) is 22.3 Å². The van der Waals surface area contributed by atoms with Gasteiger partial charge in [0.05, 0.1) is 12.7 Å². The molecule has 2 heterocycles. The van der Waals surface area contributed by atoms with Crippen molar-refractivity contribution in [3.05, 3.63) is 30.0 Å². The van der Waals surface area contributed by atoms with Gasteiger partial charge in [0.2, 0.25) is 11.7 Å². The molecule has 0 saturated heterocycles. The summed E-state index contributed by atoms with van der Waals surface area (Å²) in [6.07, 6.45) is 2.86. The molecule has 7 nitrogen and oxygen atoms in total. The molecule has 0 aliphatic carbocycles. The number of oxazole rings is 1. The highest BCUT2D eigenvalue weighted by Gasteiger charge is 2.09. The fourth-order valence-electron chi connectivity index (χ4n) is 1.04. The van der Waals surface area contributed by atoms with Crippen LogP contribution in [0.4, 0.5) is 0 Å². The summed E-state index contributed by atoms with van der Waals surface area (Å²) in [6, 6.07) is 0. The molecule has 0 unspecified atom stereocenters. The molecule has 1 amide bonds. The first-order valence-electron chi connectivity index (χ1n) is 4.30. The maximum Gasteiger partial charge on any atom is 0.289 e. The van der Waals surface area contributed by atoms with E-state index >= 15 is 0 Å². The van der Waals surface area contributed by atoms with Gasteiger partial charge in [-0.2, -0.15) is 5.10 Å². The Bertz CT molecular complexity index is 447. The number of hydrogen-bond acceptors (Lipinski definition) is 5. The number of aryl methyl sites for hydroxylation is 1. The first-order chi connectivity index (χ1) is 7.25. The molecule has 0 aliphatic rings. The molecule has 15 heavy (non-hydrogen) atoms. The molecule has 2 N–H and O–H groups in total. The van der Waals surface area contributed by atoms with Gasteiger partial charge in [0.1, 0.15) is 12.1 Å². The Morgan fingerprint density at radius 1 is 1.60 bits per heavy atom. The van der Waals surface area contributed by atoms with E-state index < -0.39 is 0 Å². The monoisotopic (exact) mass is 207 g/mol. The molecule has 0 bridgehead atoms. The number of amides is 1. The van der Waals surface area contributed by atoms with Crippen LogP contribution in [0.15, 0.2) is 16.9 Å². The lowest BCUT2D eigenvalue weighted by atomic mass is 10.5. The lowest BCUT2D eigenvalue weighted by molar-refractivity contribution is 0.0937. The standard InChI is InChI=1S/C8H9N5O2/c1-5-2-9-6(15-5)3-10-8(14)7-11-4-12-13-7/h2,4H,3H2,1H3,(H,10,14)(H,11,12,13). The number of hydrogen-bond donors (Lipinski definition) is 2. The summed E-state index contributed by atoms with van der Waals surface area (Å²) >= 11 is 0. The second kappa shape index (κ2) is 3.91. The number of aromatic nitrogens is 4. The average Bonchev–Trinajstić information content (AvgIpc) is 2.84. The molecule has 0 radical (unpaired) electrons. The van der Waals surface area contributed by atoms with Crippen LogP contribution in [-0.4, -0.2) is 26.1 Å². The molecule has 0 fully saturated rings. The number of aromatic amines is 1. The second-order valence-corrected chi connectivity index (χ2v) is 2.88. The topological polar surface area (TPSA) is 96.7 Å². The van der Waals surface area contributed by atoms with E-state index in [-0.39, 0.29) is 18.3 Å². The van der Waals surface area contributed by atoms with E-state index in [9.17, 15) is 4.79 Å². The summed E-state index contributed by atoms with van der Waals surface area (Å²) in [7, 11) is 0. The van der Waals surface area contributed by atoms with E-state index in [4.69, 9.17) is 4.42 Å². The first-order valence-corrected chi connectivity index (χ1v) is 4.30. The van der Waals surface area contributed by atoms with E-state index in [1.165, 1.54) is 6.33 Å². The summed E-state index contributed by atoms with van der Waals surface area (Å²) in [6.45, 7) is 2.02. The van der Waals surface area contributed by atoms with E-state index in [2.05, 4.69) is 25.5 Å². The van der Waals surface area contributed by atoms with Crippen LogP contribution in [0.2, 0.25) is 0 Å². The molecule has 0 spiro atoms. The molecule has 78 valence electrons. The number of carbonyl (C=O) groups is 1. The highest BCUT2D eigenvalue weighted by Crippen LogP contribution is 2.00. The Balaban J connectivity index is 1.91. The fourth-order valence-corrected chi connectivity index (χ4v) is 1.04. The predicted octanol–water partition coefficient (Wildman–Crippen LogP) is 0.0311. The highest BCUT2D eigenvalue weighted by atomic mass is 16.4. The van der Waals surface area contributed by atoms with Crippen molar-refractivity contribution in [2.75, 3.05) is 0 Å². The van der Waals surface area contributed by atoms with Crippen LogP contribution in [0.3, 0.4) is 0 Å². The van der Waals surface area contributed by atoms with Crippen molar-refractivity contribution >= 4 is 5.91 Å². The van der Waals surface area contributed by atoms with Crippen LogP contribution in [0.25, 0.3) is 0 Å². The van der Waals surface area contributed by atoms with Crippen LogP contribution < -0.4 is 5.32 Å². The zero-order valence-corrected chi connectivity index (χ0v) is 8.02. The second-order valence-electron chi connectivity index (χ2n) is 2.88. The van der Waals surface area contributed by atoms with E-state index in [0.29, 0.717) is 11.7 Å². The Morgan fingerprint density at radius 2 is 2.47 bits per heavy atom. The van der Waals surface area contributed by atoms with Gasteiger partial charge in [-0.3, -0.25) is 9.89 Å². The Morgan fingerprint density at radius 3 is 3.07 bits per heavy atom. The Kier molecular flexibility index (Phi) is 2.44. The van der Waals surface area contributed by atoms with E-state index in [1.807, 2.05) is 0 Å². The number of rotatable bonds is 3. The number of carbonyl (C=O) groups excluding carboxylic acids is 1. The molecule has 0 atom stereocenters. The van der Waals surface area contributed by atoms with Gasteiger partial charge in [-0.25, -0.2) is 9.97 Å². The molecular weight excluding hydrogens is 198 g/mol. The van der Waals surface area contributed by atoms with Crippen molar-refractivity contribution in [3.8, 4) is 0 Å². The van der Waals surface area contributed by atoms with Gasteiger partial charge in [-0.1, -0.05) is 0 Å². The van der Waals surface area contributed by atoms with Crippen LogP contribution in [0, 0.1) is 6.92 Å². The van der Waals surface area contributed by atoms with Crippen molar-refractivity contribution in [2.24, 2.45) is 0 Å². The molecule has 0 aliphatic heterocycles. The fraction of sp³-hybridized carbons (Fsp3) is 0.250. The summed E-state index contributed by atoms with van der Waals surface area (Å²) in [5.74, 6) is 0.987. The van der Waals surface area contributed by atoms with Crippen molar-refractivity contribution in [1.82, 2.24) is 25.5 Å². The first kappa shape index (κ1) is 9.38. The normalized spacial score (nSPS) is 10.2. The summed E-state index contributed by atoms with van der Waals surface area (Å²) in [5.41, 5.74) is 0. The van der Waals surface area contributed by atoms with Gasteiger partial charge in [-0.05, 0) is 6.92 Å². The van der Waals surface area contributed by atoms with Crippen LogP contribution in [0.5, 0.6) is 0 Å². The molecular formula is C8H9N5O2. The largest absolute Gasteiger partial charge is 0.444 e. The number of nitrogens with zero attached hydrogens (tertiary/aromatic N) is 3.